The Morgan fingerprint density at radius 2 is 1.68 bits per heavy atom. The van der Waals surface area contributed by atoms with E-state index >= 15 is 0 Å². The number of fused-ring (bicyclic) bond motifs is 1. The van der Waals surface area contributed by atoms with Crippen molar-refractivity contribution in [1.29, 1.82) is 0 Å². The SMILES string of the molecule is CC.CC1Cc2cc(Oc3cccc(Cl)c3)ccc2CN1C(=O)OC(C)(C)C.CO.COC=O. The van der Waals surface area contributed by atoms with Crippen molar-refractivity contribution in [1.82, 2.24) is 4.90 Å². The second-order valence-corrected chi connectivity index (χ2v) is 8.42. The van der Waals surface area contributed by atoms with Crippen molar-refractivity contribution in [2.75, 3.05) is 14.2 Å². The Labute approximate surface area is 208 Å². The zero-order chi connectivity index (χ0) is 26.3. The minimum Gasteiger partial charge on any atom is -0.471 e. The first-order chi connectivity index (χ1) is 16.1. The lowest BCUT2D eigenvalue weighted by Gasteiger charge is -2.36. The van der Waals surface area contributed by atoms with E-state index in [1.165, 1.54) is 12.7 Å². The molecule has 3 rings (SSSR count). The van der Waals surface area contributed by atoms with E-state index < -0.39 is 5.60 Å². The highest BCUT2D eigenvalue weighted by atomic mass is 35.5. The highest BCUT2D eigenvalue weighted by Crippen LogP contribution is 2.31. The first-order valence-corrected chi connectivity index (χ1v) is 11.5. The van der Waals surface area contributed by atoms with Crippen LogP contribution in [0, 0.1) is 0 Å². The van der Waals surface area contributed by atoms with Gasteiger partial charge in [-0.2, -0.15) is 0 Å². The fraction of sp³-hybridized carbons (Fsp3) is 0.462. The topological polar surface area (TPSA) is 85.3 Å². The number of benzene rings is 2. The van der Waals surface area contributed by atoms with Gasteiger partial charge in [0.25, 0.3) is 6.47 Å². The van der Waals surface area contributed by atoms with E-state index in [1.807, 2.05) is 77.9 Å². The maximum atomic E-state index is 12.4. The third-order valence-electron chi connectivity index (χ3n) is 4.32. The van der Waals surface area contributed by atoms with Crippen LogP contribution < -0.4 is 4.74 Å². The standard InChI is InChI=1S/C21H24ClNO3.C2H4O2.C2H6.CH4O/c1-14-10-16-11-19(25-18-7-5-6-17(22)12-18)9-8-15(16)13-23(14)20(24)26-21(2,3)4;1-4-2-3;2*1-2/h5-9,11-12,14H,10,13H2,1-4H3;2H,1H3;1-2H3;2H,1H3. The Morgan fingerprint density at radius 1 is 1.09 bits per heavy atom. The zero-order valence-electron chi connectivity index (χ0n) is 21.4. The van der Waals surface area contributed by atoms with Crippen molar-refractivity contribution in [3.8, 4) is 11.5 Å². The summed E-state index contributed by atoms with van der Waals surface area (Å²) in [4.78, 5) is 23.2. The monoisotopic (exact) mass is 495 g/mol. The van der Waals surface area contributed by atoms with Gasteiger partial charge in [-0.05, 0) is 75.6 Å². The van der Waals surface area contributed by atoms with E-state index in [0.29, 0.717) is 23.8 Å². The minimum absolute atomic E-state index is 0.0683. The average molecular weight is 496 g/mol. The summed E-state index contributed by atoms with van der Waals surface area (Å²) in [6, 6.07) is 13.4. The number of carbonyl (C=O) groups excluding carboxylic acids is 2. The molecule has 1 aliphatic rings. The summed E-state index contributed by atoms with van der Waals surface area (Å²) in [5.74, 6) is 1.47. The van der Waals surface area contributed by atoms with Gasteiger partial charge in [-0.25, -0.2) is 4.79 Å². The lowest BCUT2D eigenvalue weighted by Crippen LogP contribution is -2.45. The number of hydrogen-bond donors (Lipinski definition) is 1. The molecule has 7 nitrogen and oxygen atoms in total. The quantitative estimate of drug-likeness (QED) is 0.507. The van der Waals surface area contributed by atoms with Crippen LogP contribution in [0.4, 0.5) is 4.79 Å². The number of rotatable bonds is 3. The van der Waals surface area contributed by atoms with E-state index in [-0.39, 0.29) is 12.1 Å². The zero-order valence-corrected chi connectivity index (χ0v) is 22.2. The highest BCUT2D eigenvalue weighted by molar-refractivity contribution is 6.30. The van der Waals surface area contributed by atoms with Crippen molar-refractivity contribution in [2.24, 2.45) is 0 Å². The lowest BCUT2D eigenvalue weighted by atomic mass is 9.95. The van der Waals surface area contributed by atoms with Crippen molar-refractivity contribution in [3.63, 3.8) is 0 Å². The van der Waals surface area contributed by atoms with Gasteiger partial charge in [-0.15, -0.1) is 0 Å². The van der Waals surface area contributed by atoms with Gasteiger partial charge in [0.05, 0.1) is 7.11 Å². The van der Waals surface area contributed by atoms with Crippen molar-refractivity contribution in [2.45, 2.75) is 66.2 Å². The summed E-state index contributed by atoms with van der Waals surface area (Å²) in [6.45, 7) is 12.6. The van der Waals surface area contributed by atoms with Crippen LogP contribution >= 0.6 is 11.6 Å². The van der Waals surface area contributed by atoms with Gasteiger partial charge >= 0.3 is 6.09 Å². The van der Waals surface area contributed by atoms with Gasteiger partial charge in [0, 0.05) is 24.7 Å². The second kappa shape index (κ2) is 16.0. The van der Waals surface area contributed by atoms with E-state index in [2.05, 4.69) is 4.74 Å². The molecule has 34 heavy (non-hydrogen) atoms. The van der Waals surface area contributed by atoms with Gasteiger partial charge in [0.1, 0.15) is 17.1 Å². The Bertz CT molecular complexity index is 882. The number of aliphatic hydroxyl groups excluding tert-OH is 1. The van der Waals surface area contributed by atoms with Crippen LogP contribution in [-0.4, -0.2) is 48.4 Å². The molecule has 0 radical (unpaired) electrons. The summed E-state index contributed by atoms with van der Waals surface area (Å²) < 4.78 is 15.3. The third-order valence-corrected chi connectivity index (χ3v) is 4.56. The number of methoxy groups -OCH3 is 1. The summed E-state index contributed by atoms with van der Waals surface area (Å²) in [7, 11) is 2.31. The molecule has 0 saturated carbocycles. The Balaban J connectivity index is 0.00000121. The number of nitrogens with zero attached hydrogens (tertiary/aromatic N) is 1. The van der Waals surface area contributed by atoms with Crippen LogP contribution in [0.25, 0.3) is 0 Å². The molecule has 1 heterocycles. The smallest absolute Gasteiger partial charge is 0.410 e. The molecule has 0 saturated heterocycles. The largest absolute Gasteiger partial charge is 0.471 e. The molecule has 1 amide bonds. The number of aliphatic hydroxyl groups is 1. The number of halogens is 1. The van der Waals surface area contributed by atoms with Crippen LogP contribution in [-0.2, 0) is 27.2 Å². The molecule has 190 valence electrons. The normalized spacial score (nSPS) is 13.8. The summed E-state index contributed by atoms with van der Waals surface area (Å²) in [6.07, 6.45) is 0.497. The number of carbonyl (C=O) groups is 2. The van der Waals surface area contributed by atoms with Gasteiger partial charge in [0.2, 0.25) is 0 Å². The maximum absolute atomic E-state index is 12.4. The molecule has 0 aliphatic carbocycles. The predicted octanol–water partition coefficient (Wildman–Crippen LogP) is 6.24. The van der Waals surface area contributed by atoms with Gasteiger partial charge in [-0.1, -0.05) is 37.6 Å². The first kappa shape index (κ1) is 31.2. The summed E-state index contributed by atoms with van der Waals surface area (Å²) in [5.41, 5.74) is 1.82. The van der Waals surface area contributed by atoms with E-state index in [1.54, 1.807) is 11.0 Å². The molecule has 8 heteroatoms. The maximum Gasteiger partial charge on any atom is 0.410 e. The fourth-order valence-corrected chi connectivity index (χ4v) is 3.19. The molecular formula is C26H38ClNO6. The lowest BCUT2D eigenvalue weighted by molar-refractivity contribution is -0.126. The summed E-state index contributed by atoms with van der Waals surface area (Å²) >= 11 is 6.01. The van der Waals surface area contributed by atoms with Crippen LogP contribution in [0.2, 0.25) is 5.02 Å². The minimum atomic E-state index is -0.494. The molecule has 1 N–H and O–H groups in total. The van der Waals surface area contributed by atoms with E-state index in [0.717, 1.165) is 24.8 Å². The Hall–Kier alpha value is -2.77. The Morgan fingerprint density at radius 3 is 2.21 bits per heavy atom. The predicted molar refractivity (Wildman–Crippen MR) is 135 cm³/mol. The van der Waals surface area contributed by atoms with Crippen LogP contribution in [0.1, 0.15) is 52.7 Å². The van der Waals surface area contributed by atoms with Crippen LogP contribution in [0.5, 0.6) is 11.5 Å². The second-order valence-electron chi connectivity index (χ2n) is 7.98. The van der Waals surface area contributed by atoms with Crippen LogP contribution in [0.15, 0.2) is 42.5 Å². The van der Waals surface area contributed by atoms with Crippen molar-refractivity contribution in [3.05, 3.63) is 58.6 Å². The molecule has 1 atom stereocenters. The van der Waals surface area contributed by atoms with E-state index in [9.17, 15) is 4.79 Å². The Kier molecular flexibility index (Phi) is 14.7. The molecule has 0 aromatic heterocycles. The molecule has 1 aliphatic heterocycles. The number of hydrogen-bond acceptors (Lipinski definition) is 6. The number of amides is 1. The fourth-order valence-electron chi connectivity index (χ4n) is 3.01. The first-order valence-electron chi connectivity index (χ1n) is 11.1. The third kappa shape index (κ3) is 10.9. The summed E-state index contributed by atoms with van der Waals surface area (Å²) in [5, 5.41) is 7.64. The molecule has 1 unspecified atom stereocenters. The van der Waals surface area contributed by atoms with Crippen molar-refractivity contribution < 1.29 is 28.9 Å². The molecular weight excluding hydrogens is 458 g/mol. The van der Waals surface area contributed by atoms with E-state index in [4.69, 9.17) is 31.0 Å². The highest BCUT2D eigenvalue weighted by Gasteiger charge is 2.30. The van der Waals surface area contributed by atoms with Crippen molar-refractivity contribution >= 4 is 24.2 Å². The molecule has 0 spiro atoms. The average Bonchev–Trinajstić information content (AvgIpc) is 2.80. The molecule has 0 bridgehead atoms. The molecule has 2 aromatic rings. The van der Waals surface area contributed by atoms with Gasteiger partial charge in [0.15, 0.2) is 0 Å². The number of ether oxygens (including phenoxy) is 3. The molecule has 2 aromatic carbocycles. The van der Waals surface area contributed by atoms with Gasteiger partial charge < -0.3 is 24.2 Å². The van der Waals surface area contributed by atoms with Gasteiger partial charge in [-0.3, -0.25) is 4.79 Å². The van der Waals surface area contributed by atoms with Crippen LogP contribution in [0.3, 0.4) is 0 Å². The molecule has 0 fully saturated rings.